The molecule has 0 aliphatic carbocycles. The second-order valence-electron chi connectivity index (χ2n) is 3.67. The molecule has 0 fully saturated rings. The fourth-order valence-corrected chi connectivity index (χ4v) is 2.13. The second-order valence-corrected chi connectivity index (χ2v) is 4.52. The molecule has 0 heterocycles. The van der Waals surface area contributed by atoms with E-state index in [-0.39, 0.29) is 6.73 Å². The molecule has 96 valence electrons. The number of hydrogen-bond acceptors (Lipinski definition) is 5. The molecule has 5 heteroatoms. The number of thioether (sulfide) groups is 1. The molecule has 17 heavy (non-hydrogen) atoms. The molecule has 0 unspecified atom stereocenters. The Balaban J connectivity index is 3.09. The second kappa shape index (κ2) is 6.74. The minimum absolute atomic E-state index is 0.00967. The minimum Gasteiger partial charge on any atom is -0.496 e. The van der Waals surface area contributed by atoms with Crippen LogP contribution in [0.2, 0.25) is 0 Å². The number of ether oxygens (including phenoxy) is 2. The van der Waals surface area contributed by atoms with Crippen LogP contribution in [0.15, 0.2) is 17.0 Å². The highest BCUT2D eigenvalue weighted by Gasteiger charge is 2.11. The summed E-state index contributed by atoms with van der Waals surface area (Å²) in [5.41, 5.74) is 0.999. The van der Waals surface area contributed by atoms with Crippen molar-refractivity contribution in [2.45, 2.75) is 11.4 Å². The molecule has 0 atom stereocenters. The predicted molar refractivity (Wildman–Crippen MR) is 69.9 cm³/mol. The number of aliphatic hydroxyl groups excluding tert-OH is 1. The average molecular weight is 257 g/mol. The van der Waals surface area contributed by atoms with Gasteiger partial charge in [0.1, 0.15) is 11.5 Å². The van der Waals surface area contributed by atoms with E-state index in [0.717, 1.165) is 22.0 Å². The van der Waals surface area contributed by atoms with Gasteiger partial charge in [0.25, 0.3) is 0 Å². The summed E-state index contributed by atoms with van der Waals surface area (Å²) in [6.07, 6.45) is 2.00. The first kappa shape index (κ1) is 14.2. The van der Waals surface area contributed by atoms with Crippen LogP contribution in [0, 0.1) is 0 Å². The van der Waals surface area contributed by atoms with Crippen LogP contribution in [0.25, 0.3) is 0 Å². The molecule has 1 aromatic carbocycles. The standard InChI is InChI=1S/C12H19NO3S/c1-13(8-14)7-9-5-11(16-3)12(17-4)6-10(9)15-2/h5-6,14H,7-8H2,1-4H3. The van der Waals surface area contributed by atoms with E-state index in [0.29, 0.717) is 6.54 Å². The van der Waals surface area contributed by atoms with Gasteiger partial charge in [0.15, 0.2) is 0 Å². The Hall–Kier alpha value is -0.910. The van der Waals surface area contributed by atoms with Gasteiger partial charge in [-0.25, -0.2) is 0 Å². The van der Waals surface area contributed by atoms with Crippen molar-refractivity contribution < 1.29 is 14.6 Å². The molecule has 0 radical (unpaired) electrons. The summed E-state index contributed by atoms with van der Waals surface area (Å²) >= 11 is 1.61. The van der Waals surface area contributed by atoms with Crippen molar-refractivity contribution in [3.05, 3.63) is 17.7 Å². The topological polar surface area (TPSA) is 41.9 Å². The fraction of sp³-hybridized carbons (Fsp3) is 0.500. The average Bonchev–Trinajstić information content (AvgIpc) is 2.37. The van der Waals surface area contributed by atoms with Crippen molar-refractivity contribution in [3.8, 4) is 11.5 Å². The molecule has 0 spiro atoms. The van der Waals surface area contributed by atoms with Gasteiger partial charge in [-0.2, -0.15) is 0 Å². The zero-order valence-electron chi connectivity index (χ0n) is 10.7. The third kappa shape index (κ3) is 3.52. The molecular weight excluding hydrogens is 238 g/mol. The van der Waals surface area contributed by atoms with Gasteiger partial charge in [0.05, 0.1) is 25.8 Å². The third-order valence-corrected chi connectivity index (χ3v) is 3.23. The van der Waals surface area contributed by atoms with Crippen molar-refractivity contribution in [2.24, 2.45) is 0 Å². The Kier molecular flexibility index (Phi) is 5.61. The number of aliphatic hydroxyl groups is 1. The van der Waals surface area contributed by atoms with Crippen molar-refractivity contribution in [2.75, 3.05) is 34.3 Å². The zero-order chi connectivity index (χ0) is 12.8. The van der Waals surface area contributed by atoms with Crippen molar-refractivity contribution in [3.63, 3.8) is 0 Å². The normalized spacial score (nSPS) is 10.7. The number of rotatable bonds is 6. The maximum absolute atomic E-state index is 9.04. The van der Waals surface area contributed by atoms with Crippen LogP contribution in [0.1, 0.15) is 5.56 Å². The van der Waals surface area contributed by atoms with E-state index >= 15 is 0 Å². The van der Waals surface area contributed by atoms with Gasteiger partial charge in [-0.05, 0) is 25.4 Å². The summed E-state index contributed by atoms with van der Waals surface area (Å²) in [5, 5.41) is 9.04. The van der Waals surface area contributed by atoms with Crippen LogP contribution in [0.5, 0.6) is 11.5 Å². The van der Waals surface area contributed by atoms with Crippen LogP contribution in [-0.4, -0.2) is 44.3 Å². The molecular formula is C12H19NO3S. The summed E-state index contributed by atoms with van der Waals surface area (Å²) in [5.74, 6) is 1.65. The quantitative estimate of drug-likeness (QED) is 0.622. The highest BCUT2D eigenvalue weighted by Crippen LogP contribution is 2.34. The van der Waals surface area contributed by atoms with E-state index in [4.69, 9.17) is 14.6 Å². The zero-order valence-corrected chi connectivity index (χ0v) is 11.5. The SMILES string of the molecule is COc1cc(SC)c(OC)cc1CN(C)CO. The van der Waals surface area contributed by atoms with E-state index < -0.39 is 0 Å². The van der Waals surface area contributed by atoms with Gasteiger partial charge in [-0.15, -0.1) is 11.8 Å². The van der Waals surface area contributed by atoms with Crippen molar-refractivity contribution >= 4 is 11.8 Å². The first-order valence-corrected chi connectivity index (χ1v) is 6.47. The highest BCUT2D eigenvalue weighted by molar-refractivity contribution is 7.98. The summed E-state index contributed by atoms with van der Waals surface area (Å²) < 4.78 is 10.7. The molecule has 1 N–H and O–H groups in total. The summed E-state index contributed by atoms with van der Waals surface area (Å²) in [4.78, 5) is 2.83. The van der Waals surface area contributed by atoms with Gasteiger partial charge < -0.3 is 14.6 Å². The molecule has 0 amide bonds. The van der Waals surface area contributed by atoms with Gasteiger partial charge in [-0.3, -0.25) is 4.90 Å². The molecule has 0 aliphatic rings. The van der Waals surface area contributed by atoms with E-state index in [1.807, 2.05) is 25.4 Å². The van der Waals surface area contributed by atoms with Crippen LogP contribution in [0.3, 0.4) is 0 Å². The van der Waals surface area contributed by atoms with Crippen LogP contribution >= 0.6 is 11.8 Å². The molecule has 0 saturated carbocycles. The van der Waals surface area contributed by atoms with E-state index in [9.17, 15) is 0 Å². The molecule has 0 saturated heterocycles. The lowest BCUT2D eigenvalue weighted by molar-refractivity contribution is 0.126. The van der Waals surface area contributed by atoms with Gasteiger partial charge in [0.2, 0.25) is 0 Å². The Morgan fingerprint density at radius 3 is 2.35 bits per heavy atom. The number of benzene rings is 1. The molecule has 1 rings (SSSR count). The van der Waals surface area contributed by atoms with E-state index in [2.05, 4.69) is 0 Å². The summed E-state index contributed by atoms with van der Waals surface area (Å²) in [6.45, 7) is 0.625. The minimum atomic E-state index is 0.00967. The summed E-state index contributed by atoms with van der Waals surface area (Å²) in [7, 11) is 5.14. The summed E-state index contributed by atoms with van der Waals surface area (Å²) in [6, 6.07) is 3.92. The highest BCUT2D eigenvalue weighted by atomic mass is 32.2. The lowest BCUT2D eigenvalue weighted by atomic mass is 10.2. The lowest BCUT2D eigenvalue weighted by Crippen LogP contribution is -2.19. The number of hydrogen-bond donors (Lipinski definition) is 1. The van der Waals surface area contributed by atoms with Gasteiger partial charge >= 0.3 is 0 Å². The first-order chi connectivity index (χ1) is 8.15. The third-order valence-electron chi connectivity index (χ3n) is 2.47. The van der Waals surface area contributed by atoms with Crippen LogP contribution in [0.4, 0.5) is 0 Å². The molecule has 0 aromatic heterocycles. The Morgan fingerprint density at radius 2 is 1.88 bits per heavy atom. The smallest absolute Gasteiger partial charge is 0.132 e. The largest absolute Gasteiger partial charge is 0.496 e. The Morgan fingerprint density at radius 1 is 1.24 bits per heavy atom. The predicted octanol–water partition coefficient (Wildman–Crippen LogP) is 1.81. The van der Waals surface area contributed by atoms with Gasteiger partial charge in [0, 0.05) is 12.1 Å². The molecule has 1 aromatic rings. The molecule has 0 aliphatic heterocycles. The van der Waals surface area contributed by atoms with Crippen LogP contribution < -0.4 is 9.47 Å². The van der Waals surface area contributed by atoms with E-state index in [1.54, 1.807) is 30.9 Å². The fourth-order valence-electron chi connectivity index (χ4n) is 1.56. The molecule has 0 bridgehead atoms. The lowest BCUT2D eigenvalue weighted by Gasteiger charge is -2.18. The van der Waals surface area contributed by atoms with Crippen molar-refractivity contribution in [1.82, 2.24) is 4.90 Å². The monoisotopic (exact) mass is 257 g/mol. The Labute approximate surface area is 107 Å². The Bertz CT molecular complexity index is 371. The maximum Gasteiger partial charge on any atom is 0.132 e. The maximum atomic E-state index is 9.04. The van der Waals surface area contributed by atoms with Crippen LogP contribution in [-0.2, 0) is 6.54 Å². The number of nitrogens with zero attached hydrogens (tertiary/aromatic N) is 1. The van der Waals surface area contributed by atoms with E-state index in [1.165, 1.54) is 0 Å². The van der Waals surface area contributed by atoms with Gasteiger partial charge in [-0.1, -0.05) is 0 Å². The number of methoxy groups -OCH3 is 2. The van der Waals surface area contributed by atoms with Crippen molar-refractivity contribution in [1.29, 1.82) is 0 Å². The molecule has 4 nitrogen and oxygen atoms in total. The first-order valence-electron chi connectivity index (χ1n) is 5.24.